The molecule has 0 radical (unpaired) electrons. The molecule has 2 aliphatic carbocycles. The van der Waals surface area contributed by atoms with E-state index in [1.807, 2.05) is 30.3 Å². The Morgan fingerprint density at radius 2 is 2.00 bits per heavy atom. The number of fused-ring (bicyclic) bond motifs is 2. The number of amides is 3. The van der Waals surface area contributed by atoms with Crippen LogP contribution in [0.15, 0.2) is 42.5 Å². The van der Waals surface area contributed by atoms with Gasteiger partial charge in [-0.25, -0.2) is 0 Å². The average molecular weight is 549 g/mol. The van der Waals surface area contributed by atoms with Gasteiger partial charge in [0.25, 0.3) is 5.91 Å². The van der Waals surface area contributed by atoms with Crippen LogP contribution >= 0.6 is 0 Å². The molecule has 3 amide bonds. The molecule has 1 aliphatic heterocycles. The van der Waals surface area contributed by atoms with Gasteiger partial charge in [-0.05, 0) is 68.4 Å². The SMILES string of the molecule is COc1cc(C(=O)N[C@@H](Cc2ccccc2)[C@@H](O)CCCC(=O)NC2CC3CCC2C3)cc(N2CCCC2=O)n1. The van der Waals surface area contributed by atoms with Crippen molar-refractivity contribution in [3.05, 3.63) is 53.6 Å². The monoisotopic (exact) mass is 548 g/mol. The number of aliphatic hydroxyl groups is 1. The second-order valence-corrected chi connectivity index (χ2v) is 11.5. The largest absolute Gasteiger partial charge is 0.481 e. The number of methoxy groups -OCH3 is 1. The first-order chi connectivity index (χ1) is 19.4. The molecule has 2 aromatic rings. The molecule has 2 bridgehead atoms. The summed E-state index contributed by atoms with van der Waals surface area (Å²) in [6.45, 7) is 0.547. The zero-order valence-electron chi connectivity index (χ0n) is 23.2. The molecule has 3 fully saturated rings. The second kappa shape index (κ2) is 12.8. The third-order valence-electron chi connectivity index (χ3n) is 8.68. The number of nitrogens with zero attached hydrogens (tertiary/aromatic N) is 2. The predicted molar refractivity (Wildman–Crippen MR) is 151 cm³/mol. The number of nitrogens with one attached hydrogen (secondary N) is 2. The van der Waals surface area contributed by atoms with Crippen molar-refractivity contribution in [1.29, 1.82) is 0 Å². The summed E-state index contributed by atoms with van der Waals surface area (Å²) < 4.78 is 5.31. The van der Waals surface area contributed by atoms with Crippen LogP contribution in [0.2, 0.25) is 0 Å². The molecular weight excluding hydrogens is 508 g/mol. The van der Waals surface area contributed by atoms with E-state index in [2.05, 4.69) is 15.6 Å². The second-order valence-electron chi connectivity index (χ2n) is 11.5. The summed E-state index contributed by atoms with van der Waals surface area (Å²) in [6.07, 6.45) is 6.89. The number of rotatable bonds is 12. The van der Waals surface area contributed by atoms with E-state index in [1.165, 1.54) is 32.4 Å². The Hall–Kier alpha value is -3.46. The summed E-state index contributed by atoms with van der Waals surface area (Å²) >= 11 is 0. The van der Waals surface area contributed by atoms with Gasteiger partial charge in [0.15, 0.2) is 0 Å². The number of pyridine rings is 1. The van der Waals surface area contributed by atoms with Crippen LogP contribution in [-0.2, 0) is 16.0 Å². The van der Waals surface area contributed by atoms with E-state index in [-0.39, 0.29) is 23.6 Å². The lowest BCUT2D eigenvalue weighted by atomic mass is 9.95. The van der Waals surface area contributed by atoms with Gasteiger partial charge in [0.1, 0.15) is 5.82 Å². The number of carbonyl (C=O) groups excluding carboxylic acids is 3. The number of aromatic nitrogens is 1. The van der Waals surface area contributed by atoms with Crippen LogP contribution in [0.3, 0.4) is 0 Å². The Kier molecular flexibility index (Phi) is 8.99. The van der Waals surface area contributed by atoms with E-state index >= 15 is 0 Å². The number of ether oxygens (including phenoxy) is 1. The smallest absolute Gasteiger partial charge is 0.251 e. The van der Waals surface area contributed by atoms with Crippen LogP contribution in [0.1, 0.15) is 73.7 Å². The summed E-state index contributed by atoms with van der Waals surface area (Å²) in [5, 5.41) is 17.4. The molecule has 1 aromatic heterocycles. The van der Waals surface area contributed by atoms with E-state index < -0.39 is 12.1 Å². The molecule has 2 saturated carbocycles. The van der Waals surface area contributed by atoms with E-state index in [4.69, 9.17) is 4.74 Å². The highest BCUT2D eigenvalue weighted by Gasteiger charge is 2.40. The first-order valence-corrected chi connectivity index (χ1v) is 14.6. The van der Waals surface area contributed by atoms with E-state index in [1.54, 1.807) is 11.0 Å². The summed E-state index contributed by atoms with van der Waals surface area (Å²) in [7, 11) is 1.47. The van der Waals surface area contributed by atoms with E-state index in [0.717, 1.165) is 24.3 Å². The number of benzene rings is 1. The van der Waals surface area contributed by atoms with Crippen molar-refractivity contribution < 1.29 is 24.2 Å². The highest BCUT2D eigenvalue weighted by Crippen LogP contribution is 2.44. The summed E-state index contributed by atoms with van der Waals surface area (Å²) in [5.74, 6) is 1.64. The molecule has 1 aromatic carbocycles. The zero-order chi connectivity index (χ0) is 28.1. The molecule has 3 N–H and O–H groups in total. The van der Waals surface area contributed by atoms with Gasteiger partial charge in [-0.1, -0.05) is 36.8 Å². The molecule has 0 spiro atoms. The quantitative estimate of drug-likeness (QED) is 0.374. The fourth-order valence-corrected chi connectivity index (χ4v) is 6.53. The lowest BCUT2D eigenvalue weighted by Crippen LogP contribution is -2.45. The van der Waals surface area contributed by atoms with Gasteiger partial charge in [0.05, 0.1) is 19.3 Å². The summed E-state index contributed by atoms with van der Waals surface area (Å²) in [4.78, 5) is 44.3. The molecule has 5 atom stereocenters. The zero-order valence-corrected chi connectivity index (χ0v) is 23.2. The molecule has 40 heavy (non-hydrogen) atoms. The number of aliphatic hydroxyl groups excluding tert-OH is 1. The van der Waals surface area contributed by atoms with Gasteiger partial charge in [0, 0.05) is 37.1 Å². The predicted octanol–water partition coefficient (Wildman–Crippen LogP) is 3.39. The van der Waals surface area contributed by atoms with Gasteiger partial charge < -0.3 is 20.5 Å². The van der Waals surface area contributed by atoms with Gasteiger partial charge >= 0.3 is 0 Å². The first kappa shape index (κ1) is 28.1. The number of hydrogen-bond acceptors (Lipinski definition) is 6. The average Bonchev–Trinajstić information content (AvgIpc) is 3.70. The third-order valence-corrected chi connectivity index (χ3v) is 8.68. The molecule has 9 heteroatoms. The Morgan fingerprint density at radius 3 is 2.67 bits per heavy atom. The topological polar surface area (TPSA) is 121 Å². The fraction of sp³-hybridized carbons (Fsp3) is 0.548. The van der Waals surface area contributed by atoms with Crippen molar-refractivity contribution in [1.82, 2.24) is 15.6 Å². The Balaban J connectivity index is 1.22. The summed E-state index contributed by atoms with van der Waals surface area (Å²) in [5.41, 5.74) is 1.29. The molecule has 5 rings (SSSR count). The van der Waals surface area contributed by atoms with Gasteiger partial charge in [-0.15, -0.1) is 0 Å². The Labute approximate surface area is 235 Å². The molecule has 214 valence electrons. The van der Waals surface area contributed by atoms with Crippen molar-refractivity contribution in [2.45, 2.75) is 82.4 Å². The van der Waals surface area contributed by atoms with Crippen LogP contribution in [0, 0.1) is 11.8 Å². The Morgan fingerprint density at radius 1 is 1.18 bits per heavy atom. The minimum atomic E-state index is -0.845. The number of carbonyl (C=O) groups is 3. The third kappa shape index (κ3) is 6.81. The molecule has 9 nitrogen and oxygen atoms in total. The first-order valence-electron chi connectivity index (χ1n) is 14.6. The minimum Gasteiger partial charge on any atom is -0.481 e. The van der Waals surface area contributed by atoms with E-state index in [0.29, 0.717) is 62.0 Å². The van der Waals surface area contributed by atoms with E-state index in [9.17, 15) is 19.5 Å². The maximum atomic E-state index is 13.4. The van der Waals surface area contributed by atoms with Crippen molar-refractivity contribution >= 4 is 23.5 Å². The molecular formula is C31H40N4O5. The standard InChI is InChI=1S/C31H40N4O5/c1-40-29-19-23(18-27(34-29)35-14-6-11-30(35)38)31(39)33-25(16-20-7-3-2-4-8-20)26(36)9-5-10-28(37)32-24-17-21-12-13-22(24)15-21/h2-4,7-8,18-19,21-22,24-26,36H,5-6,9-17H2,1H3,(H,32,37)(H,33,39)/t21?,22?,24?,25-,26-/m0/s1. The molecule has 1 saturated heterocycles. The lowest BCUT2D eigenvalue weighted by molar-refractivity contribution is -0.122. The molecule has 3 aliphatic rings. The minimum absolute atomic E-state index is 0.0334. The fourth-order valence-electron chi connectivity index (χ4n) is 6.53. The van der Waals surface area contributed by atoms with Crippen molar-refractivity contribution in [3.63, 3.8) is 0 Å². The Bertz CT molecular complexity index is 1210. The van der Waals surface area contributed by atoms with Crippen LogP contribution < -0.4 is 20.3 Å². The van der Waals surface area contributed by atoms with Crippen LogP contribution in [-0.4, -0.2) is 59.7 Å². The van der Waals surface area contributed by atoms with Crippen LogP contribution in [0.25, 0.3) is 0 Å². The summed E-state index contributed by atoms with van der Waals surface area (Å²) in [6, 6.07) is 12.5. The molecule has 2 heterocycles. The van der Waals surface area contributed by atoms with Crippen molar-refractivity contribution in [3.8, 4) is 5.88 Å². The normalized spacial score (nSPS) is 23.2. The molecule has 3 unspecified atom stereocenters. The highest BCUT2D eigenvalue weighted by atomic mass is 16.5. The van der Waals surface area contributed by atoms with Gasteiger partial charge in [0.2, 0.25) is 17.7 Å². The van der Waals surface area contributed by atoms with Crippen molar-refractivity contribution in [2.75, 3.05) is 18.6 Å². The van der Waals surface area contributed by atoms with Crippen molar-refractivity contribution in [2.24, 2.45) is 11.8 Å². The van der Waals surface area contributed by atoms with Crippen LogP contribution in [0.5, 0.6) is 5.88 Å². The lowest BCUT2D eigenvalue weighted by Gasteiger charge is -2.25. The maximum Gasteiger partial charge on any atom is 0.251 e. The number of hydrogen-bond donors (Lipinski definition) is 3. The van der Waals surface area contributed by atoms with Gasteiger partial charge in [-0.3, -0.25) is 19.3 Å². The van der Waals surface area contributed by atoms with Gasteiger partial charge in [-0.2, -0.15) is 4.98 Å². The van der Waals surface area contributed by atoms with Crippen LogP contribution in [0.4, 0.5) is 5.82 Å². The maximum absolute atomic E-state index is 13.4. The highest BCUT2D eigenvalue weighted by molar-refractivity contribution is 5.98. The number of anilines is 1.